The van der Waals surface area contributed by atoms with Crippen LogP contribution in [0.3, 0.4) is 0 Å². The molecule has 0 radical (unpaired) electrons. The van der Waals surface area contributed by atoms with Crippen molar-refractivity contribution >= 4 is 29.1 Å². The van der Waals surface area contributed by atoms with Gasteiger partial charge in [-0.3, -0.25) is 9.59 Å². The average Bonchev–Trinajstić information content (AvgIpc) is 3.11. The fourth-order valence-electron chi connectivity index (χ4n) is 3.83. The van der Waals surface area contributed by atoms with Crippen molar-refractivity contribution in [3.05, 3.63) is 101 Å². The highest BCUT2D eigenvalue weighted by molar-refractivity contribution is 6.06. The second kappa shape index (κ2) is 8.96. The number of amides is 1. The van der Waals surface area contributed by atoms with Crippen molar-refractivity contribution in [3.63, 3.8) is 0 Å². The highest BCUT2D eigenvalue weighted by Gasteiger charge is 2.29. The predicted octanol–water partition coefficient (Wildman–Crippen LogP) is 5.27. The van der Waals surface area contributed by atoms with Gasteiger partial charge in [-0.2, -0.15) is 0 Å². The van der Waals surface area contributed by atoms with Gasteiger partial charge in [0.15, 0.2) is 5.78 Å². The number of hydrogen-bond acceptors (Lipinski definition) is 3. The van der Waals surface area contributed by atoms with E-state index in [1.165, 1.54) is 12.1 Å². The Morgan fingerprint density at radius 3 is 2.45 bits per heavy atom. The number of para-hydroxylation sites is 2. The topological polar surface area (TPSA) is 72.2 Å². The van der Waals surface area contributed by atoms with Gasteiger partial charge in [-0.15, -0.1) is 0 Å². The quantitative estimate of drug-likeness (QED) is 0.442. The fraction of sp³-hybridized carbons (Fsp3) is 0.154. The van der Waals surface area contributed by atoms with Crippen LogP contribution in [0.5, 0.6) is 0 Å². The molecule has 1 aliphatic rings. The molecule has 156 valence electrons. The zero-order valence-electron chi connectivity index (χ0n) is 17.0. The summed E-state index contributed by atoms with van der Waals surface area (Å²) < 4.78 is 13.1. The Hall–Kier alpha value is -3.73. The molecular weight excluding hydrogens is 391 g/mol. The van der Waals surface area contributed by atoms with Crippen LogP contribution in [0.15, 0.2) is 78.4 Å². The molecule has 1 atom stereocenters. The molecular formula is C26H23FN2O2. The maximum Gasteiger partial charge on any atom is 0.255 e. The summed E-state index contributed by atoms with van der Waals surface area (Å²) in [6.45, 7) is 0. The molecule has 0 saturated heterocycles. The Labute approximate surface area is 180 Å². The molecule has 4 rings (SSSR count). The van der Waals surface area contributed by atoms with E-state index in [-0.39, 0.29) is 23.4 Å². The van der Waals surface area contributed by atoms with E-state index in [0.29, 0.717) is 23.4 Å². The first kappa shape index (κ1) is 20.5. The van der Waals surface area contributed by atoms with Crippen molar-refractivity contribution in [2.75, 3.05) is 11.1 Å². The van der Waals surface area contributed by atoms with Gasteiger partial charge in [0.25, 0.3) is 5.91 Å². The molecule has 1 saturated carbocycles. The minimum absolute atomic E-state index is 0.0736. The summed E-state index contributed by atoms with van der Waals surface area (Å²) in [6, 6.07) is 20.6. The lowest BCUT2D eigenvalue weighted by molar-refractivity contribution is -0.117. The fourth-order valence-corrected chi connectivity index (χ4v) is 3.83. The van der Waals surface area contributed by atoms with E-state index >= 15 is 0 Å². The predicted molar refractivity (Wildman–Crippen MR) is 121 cm³/mol. The second-order valence-corrected chi connectivity index (χ2v) is 7.76. The van der Waals surface area contributed by atoms with Gasteiger partial charge in [0.05, 0.1) is 11.4 Å². The Kier molecular flexibility index (Phi) is 5.94. The van der Waals surface area contributed by atoms with E-state index in [2.05, 4.69) is 5.32 Å². The number of nitrogens with two attached hydrogens (primary N) is 1. The summed E-state index contributed by atoms with van der Waals surface area (Å²) >= 11 is 0. The van der Waals surface area contributed by atoms with E-state index in [4.69, 9.17) is 5.73 Å². The van der Waals surface area contributed by atoms with Gasteiger partial charge in [0.1, 0.15) is 5.82 Å². The molecule has 0 aliphatic heterocycles. The number of carbonyl (C=O) groups excluding carboxylic acids is 2. The van der Waals surface area contributed by atoms with Crippen LogP contribution in [-0.2, 0) is 11.2 Å². The number of rotatable bonds is 5. The van der Waals surface area contributed by atoms with Crippen molar-refractivity contribution in [3.8, 4) is 0 Å². The number of Topliss-reactive ketones (excluding diaryl/α,β-unsaturated/α-hetero) is 1. The number of halogens is 1. The average molecular weight is 414 g/mol. The number of nitrogens with one attached hydrogen (secondary N) is 1. The molecule has 5 heteroatoms. The lowest BCUT2D eigenvalue weighted by Crippen LogP contribution is -2.14. The zero-order chi connectivity index (χ0) is 21.8. The normalized spacial score (nSPS) is 17.1. The van der Waals surface area contributed by atoms with Gasteiger partial charge in [-0.05, 0) is 78.4 Å². The van der Waals surface area contributed by atoms with E-state index in [1.807, 2.05) is 30.3 Å². The monoisotopic (exact) mass is 414 g/mol. The number of hydrogen-bond donors (Lipinski definition) is 2. The highest BCUT2D eigenvalue weighted by Crippen LogP contribution is 2.31. The van der Waals surface area contributed by atoms with Gasteiger partial charge in [-0.1, -0.05) is 36.4 Å². The molecule has 4 nitrogen and oxygen atoms in total. The molecule has 0 aromatic heterocycles. The molecule has 1 amide bonds. The third-order valence-electron chi connectivity index (χ3n) is 5.57. The molecule has 1 aliphatic carbocycles. The molecule has 1 unspecified atom stereocenters. The van der Waals surface area contributed by atoms with Crippen LogP contribution in [0.25, 0.3) is 6.08 Å². The SMILES string of the molecule is Nc1ccccc1NC(=O)c1ccc(CC2CC/C(=C\c3ccc(F)cc3)C2=O)cc1. The first-order chi connectivity index (χ1) is 15.0. The van der Waals surface area contributed by atoms with Crippen molar-refractivity contribution < 1.29 is 14.0 Å². The van der Waals surface area contributed by atoms with E-state index in [0.717, 1.165) is 29.5 Å². The smallest absolute Gasteiger partial charge is 0.255 e. The van der Waals surface area contributed by atoms with Crippen molar-refractivity contribution in [2.24, 2.45) is 5.92 Å². The van der Waals surface area contributed by atoms with Crippen molar-refractivity contribution in [2.45, 2.75) is 19.3 Å². The largest absolute Gasteiger partial charge is 0.397 e. The molecule has 3 N–H and O–H groups in total. The second-order valence-electron chi connectivity index (χ2n) is 7.76. The number of carbonyl (C=O) groups is 2. The number of benzene rings is 3. The molecule has 31 heavy (non-hydrogen) atoms. The van der Waals surface area contributed by atoms with Crippen molar-refractivity contribution in [1.29, 1.82) is 0 Å². The van der Waals surface area contributed by atoms with E-state index < -0.39 is 0 Å². The van der Waals surface area contributed by atoms with Crippen LogP contribution in [0.1, 0.15) is 34.3 Å². The zero-order valence-corrected chi connectivity index (χ0v) is 17.0. The minimum Gasteiger partial charge on any atom is -0.397 e. The van der Waals surface area contributed by atoms with E-state index in [9.17, 15) is 14.0 Å². The Balaban J connectivity index is 1.39. The molecule has 3 aromatic rings. The minimum atomic E-state index is -0.290. The number of allylic oxidation sites excluding steroid dienone is 1. The standard InChI is InChI=1S/C26H23FN2O2/c27-22-13-7-18(8-14-22)16-21-12-11-20(25(21)30)15-17-5-9-19(10-6-17)26(31)29-24-4-2-1-3-23(24)28/h1-10,13-14,16,20H,11-12,15,28H2,(H,29,31)/b21-16+. The number of anilines is 2. The molecule has 1 fully saturated rings. The van der Waals surface area contributed by atoms with Crippen LogP contribution in [-0.4, -0.2) is 11.7 Å². The summed E-state index contributed by atoms with van der Waals surface area (Å²) in [5.41, 5.74) is 10.1. The lowest BCUT2D eigenvalue weighted by Gasteiger charge is -2.10. The van der Waals surface area contributed by atoms with Crippen LogP contribution in [0, 0.1) is 11.7 Å². The van der Waals surface area contributed by atoms with Crippen LogP contribution in [0.2, 0.25) is 0 Å². The molecule has 0 heterocycles. The Bertz CT molecular complexity index is 1130. The Morgan fingerprint density at radius 1 is 1.03 bits per heavy atom. The Morgan fingerprint density at radius 2 is 1.74 bits per heavy atom. The lowest BCUT2D eigenvalue weighted by atomic mass is 9.95. The van der Waals surface area contributed by atoms with E-state index in [1.54, 1.807) is 36.4 Å². The summed E-state index contributed by atoms with van der Waals surface area (Å²) in [5.74, 6) is -0.450. The maximum atomic E-state index is 13.1. The molecule has 0 spiro atoms. The van der Waals surface area contributed by atoms with Gasteiger partial charge < -0.3 is 11.1 Å². The van der Waals surface area contributed by atoms with Gasteiger partial charge >= 0.3 is 0 Å². The first-order valence-corrected chi connectivity index (χ1v) is 10.2. The summed E-state index contributed by atoms with van der Waals surface area (Å²) in [5, 5.41) is 2.81. The van der Waals surface area contributed by atoms with Gasteiger partial charge in [0.2, 0.25) is 0 Å². The number of ketones is 1. The van der Waals surface area contributed by atoms with Crippen LogP contribution < -0.4 is 11.1 Å². The van der Waals surface area contributed by atoms with Gasteiger partial charge in [-0.25, -0.2) is 4.39 Å². The first-order valence-electron chi connectivity index (χ1n) is 10.2. The summed E-state index contributed by atoms with van der Waals surface area (Å²) in [7, 11) is 0. The summed E-state index contributed by atoms with van der Waals surface area (Å²) in [4.78, 5) is 25.2. The van der Waals surface area contributed by atoms with Crippen LogP contribution in [0.4, 0.5) is 15.8 Å². The summed E-state index contributed by atoms with van der Waals surface area (Å²) in [6.07, 6.45) is 4.00. The molecule has 0 bridgehead atoms. The third-order valence-corrected chi connectivity index (χ3v) is 5.57. The number of nitrogen functional groups attached to an aromatic ring is 1. The van der Waals surface area contributed by atoms with Crippen LogP contribution >= 0.6 is 0 Å². The molecule has 3 aromatic carbocycles. The maximum absolute atomic E-state index is 13.1. The highest BCUT2D eigenvalue weighted by atomic mass is 19.1. The third kappa shape index (κ3) is 4.89. The van der Waals surface area contributed by atoms with Gasteiger partial charge in [0, 0.05) is 11.5 Å². The van der Waals surface area contributed by atoms with Crippen molar-refractivity contribution in [1.82, 2.24) is 0 Å².